The zero-order chi connectivity index (χ0) is 14.8. The average Bonchev–Trinajstić information content (AvgIpc) is 2.77. The Balaban J connectivity index is 2.09. The monoisotopic (exact) mass is 315 g/mol. The Kier molecular flexibility index (Phi) is 4.77. The van der Waals surface area contributed by atoms with Crippen molar-refractivity contribution in [3.8, 4) is 0 Å². The molecule has 0 atom stereocenters. The predicted octanol–water partition coefficient (Wildman–Crippen LogP) is 3.41. The van der Waals surface area contributed by atoms with E-state index >= 15 is 0 Å². The second-order valence-electron chi connectivity index (χ2n) is 6.11. The Bertz CT molecular complexity index is 578. The molecule has 0 unspecified atom stereocenters. The first-order chi connectivity index (χ1) is 9.32. The number of rotatable bonds is 5. The fraction of sp³-hybridized carbons (Fsp3) is 0.600. The molecule has 1 aromatic rings. The smallest absolute Gasteiger partial charge is 0.175 e. The van der Waals surface area contributed by atoms with Crippen LogP contribution < -0.4 is 5.32 Å². The van der Waals surface area contributed by atoms with E-state index < -0.39 is 9.84 Å². The molecule has 1 N–H and O–H groups in total. The maximum atomic E-state index is 11.8. The zero-order valence-electron chi connectivity index (χ0n) is 12.1. The first-order valence-electron chi connectivity index (χ1n) is 7.00. The lowest BCUT2D eigenvalue weighted by Crippen LogP contribution is -2.29. The molecule has 0 aliphatic heterocycles. The van der Waals surface area contributed by atoms with Gasteiger partial charge in [0.2, 0.25) is 0 Å². The Labute approximate surface area is 126 Å². The summed E-state index contributed by atoms with van der Waals surface area (Å²) in [5.41, 5.74) is 1.02. The summed E-state index contributed by atoms with van der Waals surface area (Å²) in [6.07, 6.45) is 6.28. The van der Waals surface area contributed by atoms with E-state index in [1.807, 2.05) is 0 Å². The lowest BCUT2D eigenvalue weighted by Gasteiger charge is -2.24. The highest BCUT2D eigenvalue weighted by atomic mass is 35.5. The third kappa shape index (κ3) is 3.74. The van der Waals surface area contributed by atoms with E-state index in [-0.39, 0.29) is 0 Å². The highest BCUT2D eigenvalue weighted by Gasteiger charge is 2.28. The fourth-order valence-corrected chi connectivity index (χ4v) is 4.21. The van der Waals surface area contributed by atoms with Crippen LogP contribution in [0.15, 0.2) is 23.1 Å². The zero-order valence-corrected chi connectivity index (χ0v) is 13.6. The molecule has 0 heterocycles. The van der Waals surface area contributed by atoms with Gasteiger partial charge in [-0.2, -0.15) is 0 Å². The van der Waals surface area contributed by atoms with Crippen LogP contribution in [0, 0.1) is 5.41 Å². The van der Waals surface area contributed by atoms with Crippen LogP contribution in [-0.4, -0.2) is 21.2 Å². The molecular weight excluding hydrogens is 294 g/mol. The maximum Gasteiger partial charge on any atom is 0.175 e. The normalized spacial score (nSPS) is 18.4. The van der Waals surface area contributed by atoms with Crippen LogP contribution in [0.5, 0.6) is 0 Å². The van der Waals surface area contributed by atoms with Crippen molar-refractivity contribution in [2.45, 2.75) is 44.0 Å². The highest BCUT2D eigenvalue weighted by Crippen LogP contribution is 2.36. The largest absolute Gasteiger partial charge is 0.312 e. The molecule has 2 rings (SSSR count). The first kappa shape index (κ1) is 15.8. The Morgan fingerprint density at radius 3 is 2.55 bits per heavy atom. The summed E-state index contributed by atoms with van der Waals surface area (Å²) in [6, 6.07) is 5.04. The van der Waals surface area contributed by atoms with E-state index in [4.69, 9.17) is 11.6 Å². The van der Waals surface area contributed by atoms with Crippen molar-refractivity contribution in [3.63, 3.8) is 0 Å². The molecule has 0 radical (unpaired) electrons. The van der Waals surface area contributed by atoms with Gasteiger partial charge in [-0.15, -0.1) is 0 Å². The van der Waals surface area contributed by atoms with Crippen molar-refractivity contribution in [2.24, 2.45) is 5.41 Å². The summed E-state index contributed by atoms with van der Waals surface area (Å²) in [4.78, 5) is 0.328. The van der Waals surface area contributed by atoms with Gasteiger partial charge < -0.3 is 5.32 Å². The van der Waals surface area contributed by atoms with Crippen molar-refractivity contribution >= 4 is 21.4 Å². The number of nitrogens with one attached hydrogen (secondary N) is 1. The summed E-state index contributed by atoms with van der Waals surface area (Å²) >= 11 is 6.16. The molecule has 20 heavy (non-hydrogen) atoms. The topological polar surface area (TPSA) is 46.2 Å². The van der Waals surface area contributed by atoms with Gasteiger partial charge >= 0.3 is 0 Å². The molecule has 5 heteroatoms. The van der Waals surface area contributed by atoms with Gasteiger partial charge in [-0.25, -0.2) is 8.42 Å². The fourth-order valence-electron chi connectivity index (χ4n) is 2.95. The Morgan fingerprint density at radius 2 is 1.95 bits per heavy atom. The van der Waals surface area contributed by atoms with Crippen LogP contribution in [-0.2, 0) is 16.4 Å². The van der Waals surface area contributed by atoms with Crippen LogP contribution in [0.1, 0.15) is 38.2 Å². The standard InChI is InChI=1S/C15H22ClNO2S/c1-15(8-3-4-9-15)11-17-10-12-13(16)6-5-7-14(12)20(2,18)19/h5-7,17H,3-4,8-11H2,1-2H3. The van der Waals surface area contributed by atoms with Crippen molar-refractivity contribution in [1.82, 2.24) is 5.32 Å². The van der Waals surface area contributed by atoms with E-state index in [1.54, 1.807) is 18.2 Å². The van der Waals surface area contributed by atoms with Crippen LogP contribution in [0.2, 0.25) is 5.02 Å². The van der Waals surface area contributed by atoms with Gasteiger partial charge in [0.1, 0.15) is 0 Å². The molecule has 0 saturated heterocycles. The minimum absolute atomic E-state index is 0.328. The van der Waals surface area contributed by atoms with Gasteiger partial charge in [-0.3, -0.25) is 0 Å². The molecule has 0 bridgehead atoms. The third-order valence-corrected chi connectivity index (χ3v) is 5.68. The van der Waals surface area contributed by atoms with Gasteiger partial charge in [-0.05, 0) is 30.4 Å². The van der Waals surface area contributed by atoms with E-state index in [2.05, 4.69) is 12.2 Å². The van der Waals surface area contributed by atoms with Crippen LogP contribution in [0.4, 0.5) is 0 Å². The van der Waals surface area contributed by atoms with Crippen LogP contribution in [0.3, 0.4) is 0 Å². The van der Waals surface area contributed by atoms with Crippen molar-refractivity contribution in [1.29, 1.82) is 0 Å². The van der Waals surface area contributed by atoms with Crippen molar-refractivity contribution in [2.75, 3.05) is 12.8 Å². The van der Waals surface area contributed by atoms with Gasteiger partial charge in [0.25, 0.3) is 0 Å². The molecule has 0 aromatic heterocycles. The number of hydrogen-bond acceptors (Lipinski definition) is 3. The van der Waals surface area contributed by atoms with E-state index in [0.29, 0.717) is 27.4 Å². The molecule has 1 aliphatic rings. The molecular formula is C15H22ClNO2S. The molecule has 1 saturated carbocycles. The number of benzene rings is 1. The summed E-state index contributed by atoms with van der Waals surface area (Å²) in [7, 11) is -3.25. The quantitative estimate of drug-likeness (QED) is 0.905. The predicted molar refractivity (Wildman–Crippen MR) is 82.8 cm³/mol. The SMILES string of the molecule is CC1(CNCc2c(Cl)cccc2S(C)(=O)=O)CCCC1. The van der Waals surface area contributed by atoms with Crippen molar-refractivity contribution < 1.29 is 8.42 Å². The molecule has 112 valence electrons. The van der Waals surface area contributed by atoms with E-state index in [1.165, 1.54) is 31.9 Å². The van der Waals surface area contributed by atoms with Crippen molar-refractivity contribution in [3.05, 3.63) is 28.8 Å². The molecule has 0 spiro atoms. The first-order valence-corrected chi connectivity index (χ1v) is 9.27. The second kappa shape index (κ2) is 6.04. The number of halogens is 1. The second-order valence-corrected chi connectivity index (χ2v) is 8.50. The summed E-state index contributed by atoms with van der Waals surface area (Å²) in [5, 5.41) is 3.90. The molecule has 3 nitrogen and oxygen atoms in total. The summed E-state index contributed by atoms with van der Waals surface area (Å²) < 4.78 is 23.6. The summed E-state index contributed by atoms with van der Waals surface area (Å²) in [5.74, 6) is 0. The van der Waals surface area contributed by atoms with Gasteiger partial charge in [0.05, 0.1) is 4.90 Å². The lowest BCUT2D eigenvalue weighted by atomic mass is 9.89. The van der Waals surface area contributed by atoms with Gasteiger partial charge in [0.15, 0.2) is 9.84 Å². The Morgan fingerprint density at radius 1 is 1.30 bits per heavy atom. The summed E-state index contributed by atoms with van der Waals surface area (Å²) in [6.45, 7) is 3.69. The van der Waals surface area contributed by atoms with Crippen LogP contribution >= 0.6 is 11.6 Å². The molecule has 1 fully saturated rings. The average molecular weight is 316 g/mol. The maximum absolute atomic E-state index is 11.8. The van der Waals surface area contributed by atoms with Crippen LogP contribution in [0.25, 0.3) is 0 Å². The Hall–Kier alpha value is -0.580. The minimum Gasteiger partial charge on any atom is -0.312 e. The van der Waals surface area contributed by atoms with Gasteiger partial charge in [-0.1, -0.05) is 37.4 Å². The van der Waals surface area contributed by atoms with E-state index in [9.17, 15) is 8.42 Å². The number of sulfone groups is 1. The highest BCUT2D eigenvalue weighted by molar-refractivity contribution is 7.90. The molecule has 1 aromatic carbocycles. The lowest BCUT2D eigenvalue weighted by molar-refractivity contribution is 0.314. The third-order valence-electron chi connectivity index (χ3n) is 4.14. The molecule has 1 aliphatic carbocycles. The van der Waals surface area contributed by atoms with Gasteiger partial charge in [0, 0.05) is 29.9 Å². The number of hydrogen-bond donors (Lipinski definition) is 1. The van der Waals surface area contributed by atoms with E-state index in [0.717, 1.165) is 6.54 Å². The minimum atomic E-state index is -3.25. The molecule has 0 amide bonds.